The zero-order chi connectivity index (χ0) is 17.7. The Balaban J connectivity index is 2.30. The summed E-state index contributed by atoms with van der Waals surface area (Å²) in [6, 6.07) is 11.0. The maximum absolute atomic E-state index is 14.0. The lowest BCUT2D eigenvalue weighted by atomic mass is 10.1. The second-order valence-corrected chi connectivity index (χ2v) is 7.37. The van der Waals surface area contributed by atoms with Gasteiger partial charge in [-0.15, -0.1) is 0 Å². The van der Waals surface area contributed by atoms with E-state index >= 15 is 0 Å². The van der Waals surface area contributed by atoms with Crippen molar-refractivity contribution in [1.29, 1.82) is 0 Å². The van der Waals surface area contributed by atoms with Gasteiger partial charge in [-0.25, -0.2) is 17.2 Å². The number of hydrogen-bond donors (Lipinski definition) is 1. The van der Waals surface area contributed by atoms with Crippen LogP contribution in [0.15, 0.2) is 47.4 Å². The summed E-state index contributed by atoms with van der Waals surface area (Å²) in [5, 5.41) is 0. The van der Waals surface area contributed by atoms with E-state index in [9.17, 15) is 17.2 Å². The first-order valence-electron chi connectivity index (χ1n) is 7.56. The van der Waals surface area contributed by atoms with Crippen molar-refractivity contribution in [1.82, 2.24) is 4.31 Å². The number of hydrogen-bond acceptors (Lipinski definition) is 3. The van der Waals surface area contributed by atoms with Gasteiger partial charge in [0.25, 0.3) is 0 Å². The Labute approximate surface area is 141 Å². The molecule has 0 saturated heterocycles. The standard InChI is InChI=1S/C17H20F2N2O2S/c1-13-11-17(16(19)12-15(13)18)24(22,23)21(10-8-20)9-7-14-5-3-2-4-6-14/h2-6,11-12H,7-10,20H2,1H3. The Bertz CT molecular complexity index is 796. The van der Waals surface area contributed by atoms with E-state index in [0.717, 1.165) is 15.9 Å². The molecule has 0 atom stereocenters. The summed E-state index contributed by atoms with van der Waals surface area (Å²) in [6.45, 7) is 1.73. The third kappa shape index (κ3) is 4.17. The van der Waals surface area contributed by atoms with Gasteiger partial charge in [0.05, 0.1) is 0 Å². The Hall–Kier alpha value is -1.83. The van der Waals surface area contributed by atoms with Crippen LogP contribution in [-0.2, 0) is 16.4 Å². The highest BCUT2D eigenvalue weighted by atomic mass is 32.2. The quantitative estimate of drug-likeness (QED) is 0.831. The molecule has 0 unspecified atom stereocenters. The molecule has 2 rings (SSSR count). The van der Waals surface area contributed by atoms with Gasteiger partial charge in [-0.1, -0.05) is 30.3 Å². The van der Waals surface area contributed by atoms with E-state index in [1.54, 1.807) is 0 Å². The smallest absolute Gasteiger partial charge is 0.246 e. The van der Waals surface area contributed by atoms with Gasteiger partial charge in [0, 0.05) is 25.7 Å². The number of sulfonamides is 1. The van der Waals surface area contributed by atoms with Gasteiger partial charge in [0.15, 0.2) is 0 Å². The van der Waals surface area contributed by atoms with E-state index in [2.05, 4.69) is 0 Å². The largest absolute Gasteiger partial charge is 0.329 e. The molecule has 0 spiro atoms. The molecule has 0 bridgehead atoms. The summed E-state index contributed by atoms with van der Waals surface area (Å²) >= 11 is 0. The van der Waals surface area contributed by atoms with Crippen molar-refractivity contribution in [3.05, 3.63) is 65.2 Å². The van der Waals surface area contributed by atoms with E-state index in [-0.39, 0.29) is 25.2 Å². The summed E-state index contributed by atoms with van der Waals surface area (Å²) < 4.78 is 54.0. The Kier molecular flexibility index (Phi) is 6.04. The molecule has 2 aromatic carbocycles. The monoisotopic (exact) mass is 354 g/mol. The molecule has 0 fully saturated rings. The molecule has 0 heterocycles. The molecule has 0 radical (unpaired) electrons. The van der Waals surface area contributed by atoms with Crippen molar-refractivity contribution in [2.75, 3.05) is 19.6 Å². The SMILES string of the molecule is Cc1cc(S(=O)(=O)N(CCN)CCc2ccccc2)c(F)cc1F. The number of nitrogens with zero attached hydrogens (tertiary/aromatic N) is 1. The van der Waals surface area contributed by atoms with Crippen LogP contribution in [0.1, 0.15) is 11.1 Å². The summed E-state index contributed by atoms with van der Waals surface area (Å²) in [5.41, 5.74) is 6.54. The van der Waals surface area contributed by atoms with Gasteiger partial charge < -0.3 is 5.73 Å². The fourth-order valence-corrected chi connectivity index (χ4v) is 3.95. The van der Waals surface area contributed by atoms with Crippen LogP contribution >= 0.6 is 0 Å². The molecule has 130 valence electrons. The van der Waals surface area contributed by atoms with Crippen LogP contribution in [-0.4, -0.2) is 32.4 Å². The van der Waals surface area contributed by atoms with Crippen LogP contribution in [0.4, 0.5) is 8.78 Å². The zero-order valence-electron chi connectivity index (χ0n) is 13.4. The van der Waals surface area contributed by atoms with Crippen LogP contribution in [0.3, 0.4) is 0 Å². The van der Waals surface area contributed by atoms with Gasteiger partial charge in [0.1, 0.15) is 16.5 Å². The fraction of sp³-hybridized carbons (Fsp3) is 0.294. The highest BCUT2D eigenvalue weighted by Gasteiger charge is 2.27. The molecule has 2 N–H and O–H groups in total. The minimum atomic E-state index is -4.09. The lowest BCUT2D eigenvalue weighted by Crippen LogP contribution is -2.37. The molecule has 0 aliphatic rings. The molecular weight excluding hydrogens is 334 g/mol. The van der Waals surface area contributed by atoms with Crippen molar-refractivity contribution in [2.24, 2.45) is 5.73 Å². The van der Waals surface area contributed by atoms with Crippen molar-refractivity contribution >= 4 is 10.0 Å². The van der Waals surface area contributed by atoms with Crippen molar-refractivity contribution < 1.29 is 17.2 Å². The molecule has 7 heteroatoms. The first-order valence-corrected chi connectivity index (χ1v) is 9.00. The Morgan fingerprint density at radius 1 is 1.04 bits per heavy atom. The maximum atomic E-state index is 14.0. The first kappa shape index (κ1) is 18.5. The van der Waals surface area contributed by atoms with Crippen LogP contribution in [0.2, 0.25) is 0 Å². The number of halogens is 2. The van der Waals surface area contributed by atoms with Gasteiger partial charge >= 0.3 is 0 Å². The molecule has 0 aliphatic carbocycles. The predicted octanol–water partition coefficient (Wildman–Crippen LogP) is 2.47. The molecule has 4 nitrogen and oxygen atoms in total. The van der Waals surface area contributed by atoms with E-state index in [1.165, 1.54) is 6.92 Å². The van der Waals surface area contributed by atoms with Crippen molar-refractivity contribution in [3.63, 3.8) is 0 Å². The van der Waals surface area contributed by atoms with E-state index < -0.39 is 26.6 Å². The Morgan fingerprint density at radius 3 is 2.33 bits per heavy atom. The average molecular weight is 354 g/mol. The molecule has 0 saturated carbocycles. The zero-order valence-corrected chi connectivity index (χ0v) is 14.2. The Morgan fingerprint density at radius 2 is 1.71 bits per heavy atom. The van der Waals surface area contributed by atoms with Gasteiger partial charge in [-0.3, -0.25) is 0 Å². The minimum absolute atomic E-state index is 0.0605. The highest BCUT2D eigenvalue weighted by Crippen LogP contribution is 2.22. The highest BCUT2D eigenvalue weighted by molar-refractivity contribution is 7.89. The molecule has 2 aromatic rings. The van der Waals surface area contributed by atoms with Crippen molar-refractivity contribution in [3.8, 4) is 0 Å². The van der Waals surface area contributed by atoms with E-state index in [4.69, 9.17) is 5.73 Å². The van der Waals surface area contributed by atoms with Crippen LogP contribution < -0.4 is 5.73 Å². The lowest BCUT2D eigenvalue weighted by molar-refractivity contribution is 0.417. The van der Waals surface area contributed by atoms with E-state index in [1.807, 2.05) is 30.3 Å². The predicted molar refractivity (Wildman–Crippen MR) is 89.1 cm³/mol. The second-order valence-electron chi connectivity index (χ2n) is 5.46. The molecule has 0 amide bonds. The summed E-state index contributed by atoms with van der Waals surface area (Å²) in [5.74, 6) is -1.87. The maximum Gasteiger partial charge on any atom is 0.246 e. The number of benzene rings is 2. The summed E-state index contributed by atoms with van der Waals surface area (Å²) in [7, 11) is -4.09. The van der Waals surface area contributed by atoms with Crippen LogP contribution in [0.5, 0.6) is 0 Å². The first-order chi connectivity index (χ1) is 11.4. The van der Waals surface area contributed by atoms with Crippen molar-refractivity contribution in [2.45, 2.75) is 18.2 Å². The number of aryl methyl sites for hydroxylation is 1. The number of nitrogens with two attached hydrogens (primary N) is 1. The lowest BCUT2D eigenvalue weighted by Gasteiger charge is -2.22. The topological polar surface area (TPSA) is 63.4 Å². The van der Waals surface area contributed by atoms with Crippen LogP contribution in [0.25, 0.3) is 0 Å². The van der Waals surface area contributed by atoms with Gasteiger partial charge in [0.2, 0.25) is 10.0 Å². The second kappa shape index (κ2) is 7.83. The van der Waals surface area contributed by atoms with E-state index in [0.29, 0.717) is 12.5 Å². The van der Waals surface area contributed by atoms with Gasteiger partial charge in [-0.2, -0.15) is 4.31 Å². The summed E-state index contributed by atoms with van der Waals surface area (Å²) in [6.07, 6.45) is 0.474. The number of rotatable bonds is 7. The van der Waals surface area contributed by atoms with Crippen LogP contribution in [0, 0.1) is 18.6 Å². The third-order valence-corrected chi connectivity index (χ3v) is 5.62. The molecular formula is C17H20F2N2O2S. The minimum Gasteiger partial charge on any atom is -0.329 e. The van der Waals surface area contributed by atoms with Gasteiger partial charge in [-0.05, 0) is 30.5 Å². The molecule has 0 aliphatic heterocycles. The fourth-order valence-electron chi connectivity index (χ4n) is 2.36. The molecule has 0 aromatic heterocycles. The summed E-state index contributed by atoms with van der Waals surface area (Å²) in [4.78, 5) is -0.525. The molecule has 24 heavy (non-hydrogen) atoms. The normalized spacial score (nSPS) is 11.9. The average Bonchev–Trinajstić information content (AvgIpc) is 2.55. The third-order valence-electron chi connectivity index (χ3n) is 3.70.